The predicted octanol–water partition coefficient (Wildman–Crippen LogP) is 3.22. The fourth-order valence-electron chi connectivity index (χ4n) is 4.74. The van der Waals surface area contributed by atoms with Crippen LogP contribution in [0.2, 0.25) is 0 Å². The number of hydrogen-bond donors (Lipinski definition) is 1. The fourth-order valence-corrected chi connectivity index (χ4v) is 4.74. The number of carbonyl (C=O) groups is 1. The minimum absolute atomic E-state index is 0.0496. The molecular weight excluding hydrogens is 418 g/mol. The minimum atomic E-state index is 0.0496. The van der Waals surface area contributed by atoms with E-state index >= 15 is 0 Å². The zero-order valence-corrected chi connectivity index (χ0v) is 19.3. The van der Waals surface area contributed by atoms with Gasteiger partial charge in [0.2, 0.25) is 5.91 Å². The van der Waals surface area contributed by atoms with Crippen molar-refractivity contribution < 1.29 is 14.3 Å². The van der Waals surface area contributed by atoms with Gasteiger partial charge in [-0.3, -0.25) is 4.79 Å². The molecule has 4 heterocycles. The first-order valence-electron chi connectivity index (χ1n) is 11.8. The molecule has 0 spiro atoms. The lowest BCUT2D eigenvalue weighted by Crippen LogP contribution is -2.43. The van der Waals surface area contributed by atoms with Crippen molar-refractivity contribution in [1.82, 2.24) is 19.9 Å². The summed E-state index contributed by atoms with van der Waals surface area (Å²) in [6.07, 6.45) is 3.96. The number of methoxy groups -OCH3 is 1. The van der Waals surface area contributed by atoms with Crippen molar-refractivity contribution in [2.75, 3.05) is 38.3 Å². The van der Waals surface area contributed by atoms with Crippen molar-refractivity contribution in [3.63, 3.8) is 0 Å². The molecule has 5 rings (SSSR count). The quantitative estimate of drug-likeness (QED) is 0.622. The number of carbonyl (C=O) groups excluding carboxylic acids is 1. The van der Waals surface area contributed by atoms with E-state index in [1.807, 2.05) is 41.8 Å². The second kappa shape index (κ2) is 9.39. The first kappa shape index (κ1) is 21.7. The van der Waals surface area contributed by atoms with Crippen molar-refractivity contribution in [3.05, 3.63) is 42.1 Å². The van der Waals surface area contributed by atoms with Crippen molar-refractivity contribution in [2.45, 2.75) is 38.7 Å². The summed E-state index contributed by atoms with van der Waals surface area (Å²) in [5.41, 5.74) is 3.68. The van der Waals surface area contributed by atoms with E-state index in [4.69, 9.17) is 14.6 Å². The van der Waals surface area contributed by atoms with Gasteiger partial charge in [0, 0.05) is 55.5 Å². The standard InChI is InChI=1S/C25H31N5O3/c1-17-14-24(29-11-9-19(10-12-29)25(31)26-16-21-4-3-13-33-21)30-23(27-17)15-22(28-30)18-5-7-20(32-2)8-6-18/h5-8,14-15,19,21H,3-4,9-13,16H2,1-2H3,(H,26,31). The summed E-state index contributed by atoms with van der Waals surface area (Å²) < 4.78 is 12.8. The van der Waals surface area contributed by atoms with E-state index in [1.165, 1.54) is 0 Å². The van der Waals surface area contributed by atoms with Crippen LogP contribution >= 0.6 is 0 Å². The van der Waals surface area contributed by atoms with Crippen molar-refractivity contribution >= 4 is 17.4 Å². The van der Waals surface area contributed by atoms with E-state index < -0.39 is 0 Å². The lowest BCUT2D eigenvalue weighted by molar-refractivity contribution is -0.126. The molecule has 0 radical (unpaired) electrons. The van der Waals surface area contributed by atoms with Crippen LogP contribution in [-0.2, 0) is 9.53 Å². The van der Waals surface area contributed by atoms with Crippen LogP contribution in [0.1, 0.15) is 31.4 Å². The van der Waals surface area contributed by atoms with Crippen molar-refractivity contribution in [2.24, 2.45) is 5.92 Å². The predicted molar refractivity (Wildman–Crippen MR) is 127 cm³/mol. The Balaban J connectivity index is 1.29. The summed E-state index contributed by atoms with van der Waals surface area (Å²) in [4.78, 5) is 19.7. The number of amides is 1. The number of aryl methyl sites for hydroxylation is 1. The first-order valence-corrected chi connectivity index (χ1v) is 11.8. The Bertz CT molecular complexity index is 1110. The summed E-state index contributed by atoms with van der Waals surface area (Å²) in [5.74, 6) is 2.05. The normalized spacial score (nSPS) is 19.2. The van der Waals surface area contributed by atoms with Crippen LogP contribution in [0.3, 0.4) is 0 Å². The van der Waals surface area contributed by atoms with Crippen molar-refractivity contribution in [3.8, 4) is 17.0 Å². The molecule has 2 aromatic heterocycles. The average molecular weight is 450 g/mol. The number of aromatic nitrogens is 3. The van der Waals surface area contributed by atoms with Gasteiger partial charge in [0.15, 0.2) is 5.65 Å². The van der Waals surface area contributed by atoms with E-state index in [9.17, 15) is 4.79 Å². The molecule has 0 bridgehead atoms. The van der Waals surface area contributed by atoms with E-state index in [2.05, 4.69) is 21.3 Å². The van der Waals surface area contributed by atoms with E-state index in [-0.39, 0.29) is 17.9 Å². The second-order valence-electron chi connectivity index (χ2n) is 8.93. The average Bonchev–Trinajstić information content (AvgIpc) is 3.52. The molecular formula is C25H31N5O3. The Hall–Kier alpha value is -3.13. The highest BCUT2D eigenvalue weighted by Crippen LogP contribution is 2.28. The van der Waals surface area contributed by atoms with Gasteiger partial charge in [-0.25, -0.2) is 4.98 Å². The molecule has 1 aromatic carbocycles. The lowest BCUT2D eigenvalue weighted by atomic mass is 9.96. The maximum atomic E-state index is 12.6. The number of ether oxygens (including phenoxy) is 2. The third kappa shape index (κ3) is 4.66. The molecule has 1 atom stereocenters. The smallest absolute Gasteiger partial charge is 0.223 e. The maximum Gasteiger partial charge on any atom is 0.223 e. The molecule has 174 valence electrons. The molecule has 8 heteroatoms. The molecule has 8 nitrogen and oxygen atoms in total. The number of piperidine rings is 1. The van der Waals surface area contributed by atoms with Gasteiger partial charge in [0.05, 0.1) is 18.9 Å². The second-order valence-corrected chi connectivity index (χ2v) is 8.93. The third-order valence-corrected chi connectivity index (χ3v) is 6.64. The van der Waals surface area contributed by atoms with Crippen LogP contribution in [0.5, 0.6) is 5.75 Å². The fraction of sp³-hybridized carbons (Fsp3) is 0.480. The highest BCUT2D eigenvalue weighted by atomic mass is 16.5. The number of nitrogens with one attached hydrogen (secondary N) is 1. The number of hydrogen-bond acceptors (Lipinski definition) is 6. The van der Waals surface area contributed by atoms with Gasteiger partial charge in [-0.2, -0.15) is 9.61 Å². The van der Waals surface area contributed by atoms with E-state index in [0.29, 0.717) is 6.54 Å². The molecule has 2 fully saturated rings. The molecule has 1 N–H and O–H groups in total. The van der Waals surface area contributed by atoms with Crippen LogP contribution in [0, 0.1) is 12.8 Å². The van der Waals surface area contributed by atoms with Gasteiger partial charge in [0.1, 0.15) is 11.6 Å². The Morgan fingerprint density at radius 1 is 1.18 bits per heavy atom. The van der Waals surface area contributed by atoms with Crippen LogP contribution in [0.25, 0.3) is 16.9 Å². The largest absolute Gasteiger partial charge is 0.497 e. The summed E-state index contributed by atoms with van der Waals surface area (Å²) in [7, 11) is 1.66. The highest BCUT2D eigenvalue weighted by Gasteiger charge is 2.27. The summed E-state index contributed by atoms with van der Waals surface area (Å²) in [5, 5.41) is 7.96. The van der Waals surface area contributed by atoms with Crippen LogP contribution in [0.4, 0.5) is 5.82 Å². The molecule has 1 amide bonds. The number of anilines is 1. The Labute approximate surface area is 193 Å². The van der Waals surface area contributed by atoms with Crippen LogP contribution in [-0.4, -0.2) is 60.0 Å². The first-order chi connectivity index (χ1) is 16.1. The molecule has 2 aliphatic rings. The van der Waals surface area contributed by atoms with Gasteiger partial charge in [-0.05, 0) is 56.9 Å². The molecule has 3 aromatic rings. The molecule has 33 heavy (non-hydrogen) atoms. The Morgan fingerprint density at radius 2 is 1.97 bits per heavy atom. The monoisotopic (exact) mass is 449 g/mol. The zero-order valence-electron chi connectivity index (χ0n) is 19.3. The van der Waals surface area contributed by atoms with Crippen molar-refractivity contribution in [1.29, 1.82) is 0 Å². The Kier molecular flexibility index (Phi) is 6.17. The molecule has 2 saturated heterocycles. The van der Waals surface area contributed by atoms with E-state index in [1.54, 1.807) is 7.11 Å². The molecule has 0 saturated carbocycles. The van der Waals surface area contributed by atoms with Gasteiger partial charge in [-0.1, -0.05) is 0 Å². The maximum absolute atomic E-state index is 12.6. The highest BCUT2D eigenvalue weighted by molar-refractivity contribution is 5.79. The lowest BCUT2D eigenvalue weighted by Gasteiger charge is -2.33. The Morgan fingerprint density at radius 3 is 2.67 bits per heavy atom. The van der Waals surface area contributed by atoms with Gasteiger partial charge in [-0.15, -0.1) is 0 Å². The van der Waals surface area contributed by atoms with Gasteiger partial charge < -0.3 is 19.7 Å². The van der Waals surface area contributed by atoms with Crippen LogP contribution < -0.4 is 15.0 Å². The van der Waals surface area contributed by atoms with Crippen LogP contribution in [0.15, 0.2) is 36.4 Å². The molecule has 1 unspecified atom stereocenters. The number of nitrogens with zero attached hydrogens (tertiary/aromatic N) is 4. The molecule has 0 aliphatic carbocycles. The number of rotatable bonds is 6. The zero-order chi connectivity index (χ0) is 22.8. The summed E-state index contributed by atoms with van der Waals surface area (Å²) in [6.45, 7) is 5.08. The summed E-state index contributed by atoms with van der Waals surface area (Å²) >= 11 is 0. The number of benzene rings is 1. The SMILES string of the molecule is COc1ccc(-c2cc3nc(C)cc(N4CCC(C(=O)NCC5CCCO5)CC4)n3n2)cc1. The third-order valence-electron chi connectivity index (χ3n) is 6.64. The molecule has 2 aliphatic heterocycles. The van der Waals surface area contributed by atoms with Gasteiger partial charge in [0.25, 0.3) is 0 Å². The minimum Gasteiger partial charge on any atom is -0.497 e. The number of fused-ring (bicyclic) bond motifs is 1. The topological polar surface area (TPSA) is 81.0 Å². The van der Waals surface area contributed by atoms with E-state index in [0.717, 1.165) is 79.5 Å². The van der Waals surface area contributed by atoms with Gasteiger partial charge >= 0.3 is 0 Å². The summed E-state index contributed by atoms with van der Waals surface area (Å²) in [6, 6.07) is 12.0.